The van der Waals surface area contributed by atoms with Gasteiger partial charge in [-0.1, -0.05) is 26.3 Å². The van der Waals surface area contributed by atoms with Crippen molar-refractivity contribution in [3.63, 3.8) is 0 Å². The van der Waals surface area contributed by atoms with Crippen LogP contribution in [0.25, 0.3) is 33.2 Å². The third-order valence-electron chi connectivity index (χ3n) is 9.44. The number of carbonyl (C=O) groups excluding carboxylic acids is 4. The Labute approximate surface area is 317 Å². The summed E-state index contributed by atoms with van der Waals surface area (Å²) in [6, 6.07) is 9.62. The molecule has 0 radical (unpaired) electrons. The molecule has 3 aromatic heterocycles. The normalized spacial score (nSPS) is 12.7. The number of pyridine rings is 3. The van der Waals surface area contributed by atoms with E-state index in [1.807, 2.05) is 44.2 Å². The fraction of sp³-hybridized carbons (Fsp3) is 0.400. The van der Waals surface area contributed by atoms with Gasteiger partial charge in [-0.25, -0.2) is 9.78 Å². The smallest absolute Gasteiger partial charge is 0.450 e. The van der Waals surface area contributed by atoms with Crippen molar-refractivity contribution < 1.29 is 38.6 Å². The van der Waals surface area contributed by atoms with Crippen LogP contribution in [-0.4, -0.2) is 80.8 Å². The average molecular weight is 755 g/mol. The number of amides is 4. The summed E-state index contributed by atoms with van der Waals surface area (Å²) in [5.74, 6) is -1.27. The van der Waals surface area contributed by atoms with Gasteiger partial charge in [-0.2, -0.15) is 0 Å². The molecule has 0 saturated carbocycles. The van der Waals surface area contributed by atoms with Gasteiger partial charge < -0.3 is 29.8 Å². The number of hydrogen-bond acceptors (Lipinski definition) is 10. The van der Waals surface area contributed by atoms with Gasteiger partial charge in [-0.3, -0.25) is 33.9 Å². The lowest BCUT2D eigenvalue weighted by Gasteiger charge is -2.14. The summed E-state index contributed by atoms with van der Waals surface area (Å²) in [6.45, 7) is 6.24. The molecule has 4 aromatic rings. The molecule has 3 N–H and O–H groups in total. The molecule has 0 unspecified atom stereocenters. The number of carboxylic acid groups (broad SMARTS) is 1. The fourth-order valence-corrected chi connectivity index (χ4v) is 6.75. The van der Waals surface area contributed by atoms with Crippen LogP contribution in [0.1, 0.15) is 74.6 Å². The van der Waals surface area contributed by atoms with Gasteiger partial charge >= 0.3 is 6.16 Å². The van der Waals surface area contributed by atoms with Crippen molar-refractivity contribution in [1.29, 1.82) is 0 Å². The zero-order valence-corrected chi connectivity index (χ0v) is 31.3. The molecule has 0 spiro atoms. The van der Waals surface area contributed by atoms with Crippen molar-refractivity contribution in [2.24, 2.45) is 0 Å². The minimum absolute atomic E-state index is 0.00705. The van der Waals surface area contributed by atoms with E-state index < -0.39 is 6.16 Å². The van der Waals surface area contributed by atoms with Gasteiger partial charge in [0.2, 0.25) is 11.8 Å². The van der Waals surface area contributed by atoms with Gasteiger partial charge in [0, 0.05) is 54.3 Å². The molecular formula is C40H46N6O9. The molecule has 0 bridgehead atoms. The number of ether oxygens (including phenoxy) is 2. The van der Waals surface area contributed by atoms with Gasteiger partial charge in [0.25, 0.3) is 17.4 Å². The van der Waals surface area contributed by atoms with Crippen LogP contribution >= 0.6 is 0 Å². The molecule has 6 rings (SSSR count). The fourth-order valence-electron chi connectivity index (χ4n) is 6.75. The second-order valence-electron chi connectivity index (χ2n) is 12.9. The summed E-state index contributed by atoms with van der Waals surface area (Å²) in [7, 11) is 0. The standard InChI is InChI=1S/C38H40N6O9.C2H6/c1-23-18-30-36-26(20-44(30)37(49)27(23)21-53-38(50)51)24(35-25-9-7-15-39-28(25)11-12-29(35)42-36)8-4-6-17-52-22-41-32(46)19-40-31(45)10-3-2-5-16-43-33(47)13-14-34(43)48;1-2/h7,9,11-15,18H,2-6,8,10,16-17,19-22H2,1H3,(H,40,45)(H,41,46)(H,50,51);1-2H3. The number of rotatable bonds is 17. The highest BCUT2D eigenvalue weighted by Gasteiger charge is 2.28. The highest BCUT2D eigenvalue weighted by molar-refractivity contribution is 6.13. The number of fused-ring (bicyclic) bond motifs is 6. The third-order valence-corrected chi connectivity index (χ3v) is 9.44. The highest BCUT2D eigenvalue weighted by atomic mass is 16.7. The number of benzene rings is 1. The predicted molar refractivity (Wildman–Crippen MR) is 204 cm³/mol. The lowest BCUT2D eigenvalue weighted by Crippen LogP contribution is -2.37. The lowest BCUT2D eigenvalue weighted by molar-refractivity contribution is -0.137. The SMILES string of the molecule is CC.Cc1cc2n(c(=O)c1COC(=O)O)Cc1c-2nc2ccc3ncccc3c2c1CCCCOCNC(=O)CNC(=O)CCCCCN1C(=O)C=CC1=O. The summed E-state index contributed by atoms with van der Waals surface area (Å²) >= 11 is 0. The first-order valence-electron chi connectivity index (χ1n) is 18.6. The van der Waals surface area contributed by atoms with Gasteiger partial charge in [-0.05, 0) is 74.4 Å². The van der Waals surface area contributed by atoms with Crippen molar-refractivity contribution in [1.82, 2.24) is 30.1 Å². The molecule has 4 amide bonds. The van der Waals surface area contributed by atoms with Crippen LogP contribution in [0.3, 0.4) is 0 Å². The molecule has 0 fully saturated rings. The molecule has 2 aliphatic heterocycles. The first-order chi connectivity index (χ1) is 26.6. The Morgan fingerprint density at radius 1 is 0.909 bits per heavy atom. The van der Waals surface area contributed by atoms with E-state index in [0.29, 0.717) is 63.1 Å². The predicted octanol–water partition coefficient (Wildman–Crippen LogP) is 4.52. The van der Waals surface area contributed by atoms with Gasteiger partial charge in [0.1, 0.15) is 13.3 Å². The van der Waals surface area contributed by atoms with E-state index in [0.717, 1.165) is 45.0 Å². The highest BCUT2D eigenvalue weighted by Crippen LogP contribution is 2.39. The van der Waals surface area contributed by atoms with Gasteiger partial charge in [-0.15, -0.1) is 0 Å². The van der Waals surface area contributed by atoms with Crippen LogP contribution in [0.2, 0.25) is 0 Å². The molecule has 5 heterocycles. The van der Waals surface area contributed by atoms with Crippen LogP contribution in [0.4, 0.5) is 4.79 Å². The Bertz CT molecular complexity index is 2180. The van der Waals surface area contributed by atoms with Crippen LogP contribution in [0.5, 0.6) is 0 Å². The van der Waals surface area contributed by atoms with E-state index in [1.165, 1.54) is 17.1 Å². The molecule has 55 heavy (non-hydrogen) atoms. The Hall–Kier alpha value is -5.96. The molecule has 290 valence electrons. The van der Waals surface area contributed by atoms with E-state index in [1.54, 1.807) is 17.7 Å². The molecule has 2 aliphatic rings. The molecule has 1 aromatic carbocycles. The van der Waals surface area contributed by atoms with E-state index >= 15 is 0 Å². The van der Waals surface area contributed by atoms with E-state index in [9.17, 15) is 28.8 Å². The Kier molecular flexibility index (Phi) is 13.8. The molecule has 0 aliphatic carbocycles. The zero-order valence-electron chi connectivity index (χ0n) is 31.3. The number of aryl methyl sites for hydroxylation is 2. The second kappa shape index (κ2) is 18.9. The maximum Gasteiger partial charge on any atom is 0.506 e. The summed E-state index contributed by atoms with van der Waals surface area (Å²) in [5, 5.41) is 16.2. The minimum Gasteiger partial charge on any atom is -0.450 e. The number of hydrogen-bond donors (Lipinski definition) is 3. The summed E-state index contributed by atoms with van der Waals surface area (Å²) in [6.07, 6.45) is 6.96. The maximum atomic E-state index is 13.5. The number of unbranched alkanes of at least 4 members (excludes halogenated alkanes) is 3. The number of nitrogens with zero attached hydrogens (tertiary/aromatic N) is 4. The molecule has 0 atom stereocenters. The topological polar surface area (TPSA) is 199 Å². The maximum absolute atomic E-state index is 13.5. The van der Waals surface area contributed by atoms with Crippen LogP contribution in [0, 0.1) is 6.92 Å². The summed E-state index contributed by atoms with van der Waals surface area (Å²) in [4.78, 5) is 82.8. The van der Waals surface area contributed by atoms with Gasteiger partial charge in [0.05, 0.1) is 41.1 Å². The largest absolute Gasteiger partial charge is 0.506 e. The summed E-state index contributed by atoms with van der Waals surface area (Å²) in [5.41, 5.74) is 5.62. The van der Waals surface area contributed by atoms with Crippen molar-refractivity contribution in [3.8, 4) is 11.4 Å². The van der Waals surface area contributed by atoms with Crippen molar-refractivity contribution in [2.45, 2.75) is 78.9 Å². The van der Waals surface area contributed by atoms with Gasteiger partial charge in [0.15, 0.2) is 0 Å². The third kappa shape index (κ3) is 9.59. The van der Waals surface area contributed by atoms with Crippen LogP contribution in [0.15, 0.2) is 53.5 Å². The summed E-state index contributed by atoms with van der Waals surface area (Å²) < 4.78 is 12.0. The average Bonchev–Trinajstić information content (AvgIpc) is 3.71. The zero-order chi connectivity index (χ0) is 39.5. The van der Waals surface area contributed by atoms with Crippen LogP contribution in [-0.2, 0) is 48.2 Å². The molecule has 15 heteroatoms. The Balaban J connectivity index is 0.00000285. The number of carbonyl (C=O) groups is 5. The van der Waals surface area contributed by atoms with Crippen LogP contribution < -0.4 is 16.2 Å². The molecule has 0 saturated heterocycles. The number of nitrogens with one attached hydrogen (secondary N) is 2. The lowest BCUT2D eigenvalue weighted by atomic mass is 9.94. The van der Waals surface area contributed by atoms with Crippen molar-refractivity contribution >= 4 is 51.6 Å². The first kappa shape index (κ1) is 40.2. The quantitative estimate of drug-likeness (QED) is 0.0397. The van der Waals surface area contributed by atoms with E-state index in [-0.39, 0.29) is 61.1 Å². The van der Waals surface area contributed by atoms with E-state index in [4.69, 9.17) is 19.6 Å². The van der Waals surface area contributed by atoms with E-state index in [2.05, 4.69) is 15.6 Å². The molecular weight excluding hydrogens is 708 g/mol. The Morgan fingerprint density at radius 3 is 2.44 bits per heavy atom. The second-order valence-corrected chi connectivity index (χ2v) is 12.9. The number of aromatic nitrogens is 3. The van der Waals surface area contributed by atoms with Crippen molar-refractivity contribution in [3.05, 3.63) is 81.3 Å². The first-order valence-corrected chi connectivity index (χ1v) is 18.6. The number of imide groups is 1. The minimum atomic E-state index is -1.45. The monoisotopic (exact) mass is 754 g/mol. The Morgan fingerprint density at radius 2 is 1.67 bits per heavy atom. The molecule has 15 nitrogen and oxygen atoms in total. The van der Waals surface area contributed by atoms with Crippen molar-refractivity contribution in [2.75, 3.05) is 26.4 Å².